The zero-order valence-electron chi connectivity index (χ0n) is 16.1. The first kappa shape index (κ1) is 18.4. The Morgan fingerprint density at radius 2 is 1.55 bits per heavy atom. The lowest BCUT2D eigenvalue weighted by Crippen LogP contribution is -2.11. The van der Waals surface area contributed by atoms with E-state index in [2.05, 4.69) is 20.6 Å². The molecule has 2 amide bonds. The number of anilines is 2. The molecule has 0 unspecified atom stereocenters. The van der Waals surface area contributed by atoms with Gasteiger partial charge in [-0.15, -0.1) is 0 Å². The van der Waals surface area contributed by atoms with Gasteiger partial charge >= 0.3 is 0 Å². The molecule has 4 rings (SSSR count). The van der Waals surface area contributed by atoms with Crippen molar-refractivity contribution in [1.82, 2.24) is 9.97 Å². The summed E-state index contributed by atoms with van der Waals surface area (Å²) >= 11 is 0. The number of hydrogen-bond donors (Lipinski definition) is 3. The smallest absolute Gasteiger partial charge is 0.255 e. The fourth-order valence-electron chi connectivity index (χ4n) is 3.05. The van der Waals surface area contributed by atoms with Crippen molar-refractivity contribution in [1.29, 1.82) is 0 Å². The summed E-state index contributed by atoms with van der Waals surface area (Å²) in [5.74, 6) is 0.454. The molecule has 3 N–H and O–H groups in total. The number of hydrogen-bond acceptors (Lipinski definition) is 3. The van der Waals surface area contributed by atoms with Crippen LogP contribution in [0.2, 0.25) is 0 Å². The van der Waals surface area contributed by atoms with Crippen molar-refractivity contribution >= 4 is 34.2 Å². The quantitative estimate of drug-likeness (QED) is 0.474. The molecule has 29 heavy (non-hydrogen) atoms. The third-order valence-corrected chi connectivity index (χ3v) is 4.53. The Hall–Kier alpha value is -3.93. The molecule has 0 saturated heterocycles. The largest absolute Gasteiger partial charge is 0.338 e. The van der Waals surface area contributed by atoms with Crippen LogP contribution in [-0.2, 0) is 4.79 Å². The van der Waals surface area contributed by atoms with Gasteiger partial charge in [0, 0.05) is 29.4 Å². The van der Waals surface area contributed by atoms with Gasteiger partial charge in [-0.1, -0.05) is 17.7 Å². The van der Waals surface area contributed by atoms with Gasteiger partial charge in [0.15, 0.2) is 0 Å². The van der Waals surface area contributed by atoms with Crippen LogP contribution in [0.5, 0.6) is 0 Å². The fourth-order valence-corrected chi connectivity index (χ4v) is 3.05. The minimum absolute atomic E-state index is 0.118. The van der Waals surface area contributed by atoms with Crippen molar-refractivity contribution in [2.75, 3.05) is 10.6 Å². The van der Waals surface area contributed by atoms with Gasteiger partial charge in [0.25, 0.3) is 5.91 Å². The second-order valence-corrected chi connectivity index (χ2v) is 6.90. The number of benzene rings is 3. The molecule has 4 aromatic rings. The monoisotopic (exact) mass is 384 g/mol. The molecular formula is C23H20N4O2. The van der Waals surface area contributed by atoms with Crippen LogP contribution in [0, 0.1) is 6.92 Å². The molecule has 144 valence electrons. The highest BCUT2D eigenvalue weighted by Crippen LogP contribution is 2.24. The van der Waals surface area contributed by atoms with E-state index in [-0.39, 0.29) is 11.8 Å². The summed E-state index contributed by atoms with van der Waals surface area (Å²) in [4.78, 5) is 31.4. The Morgan fingerprint density at radius 1 is 0.862 bits per heavy atom. The Kier molecular flexibility index (Phi) is 4.83. The van der Waals surface area contributed by atoms with E-state index in [1.54, 1.807) is 0 Å². The molecule has 3 aromatic carbocycles. The number of nitrogens with one attached hydrogen (secondary N) is 3. The van der Waals surface area contributed by atoms with E-state index in [0.717, 1.165) is 33.7 Å². The average Bonchev–Trinajstić information content (AvgIpc) is 3.12. The standard InChI is InChI=1S/C23H20N4O2/c1-14-3-5-17(6-4-14)23(29)25-18-9-7-16(8-10-18)22-26-20-12-11-19(24-15(2)28)13-21(20)27-22/h3-13H,1-2H3,(H,24,28)(H,25,29)(H,26,27). The van der Waals surface area contributed by atoms with Gasteiger partial charge in [-0.05, 0) is 61.5 Å². The van der Waals surface area contributed by atoms with Crippen molar-refractivity contribution in [3.8, 4) is 11.4 Å². The summed E-state index contributed by atoms with van der Waals surface area (Å²) in [5, 5.41) is 5.66. The number of imidazole rings is 1. The molecule has 6 nitrogen and oxygen atoms in total. The summed E-state index contributed by atoms with van der Waals surface area (Å²) in [6, 6.07) is 20.5. The number of nitrogens with zero attached hydrogens (tertiary/aromatic N) is 1. The van der Waals surface area contributed by atoms with Gasteiger partial charge in [0.1, 0.15) is 5.82 Å². The molecule has 0 bridgehead atoms. The molecule has 6 heteroatoms. The topological polar surface area (TPSA) is 86.9 Å². The highest BCUT2D eigenvalue weighted by molar-refractivity contribution is 6.04. The number of aromatic amines is 1. The summed E-state index contributed by atoms with van der Waals surface area (Å²) in [7, 11) is 0. The van der Waals surface area contributed by atoms with E-state index in [1.807, 2.05) is 73.7 Å². The Morgan fingerprint density at radius 3 is 2.24 bits per heavy atom. The first-order valence-electron chi connectivity index (χ1n) is 9.24. The van der Waals surface area contributed by atoms with E-state index in [0.29, 0.717) is 11.3 Å². The van der Waals surface area contributed by atoms with Gasteiger partial charge in [-0.3, -0.25) is 9.59 Å². The van der Waals surface area contributed by atoms with E-state index in [1.165, 1.54) is 6.92 Å². The van der Waals surface area contributed by atoms with Gasteiger partial charge in [-0.25, -0.2) is 4.98 Å². The molecule has 0 saturated carbocycles. The molecule has 0 fully saturated rings. The van der Waals surface area contributed by atoms with Crippen molar-refractivity contribution < 1.29 is 9.59 Å². The highest BCUT2D eigenvalue weighted by Gasteiger charge is 2.09. The molecule has 0 atom stereocenters. The lowest BCUT2D eigenvalue weighted by atomic mass is 10.1. The first-order chi connectivity index (χ1) is 14.0. The Labute approximate surface area is 168 Å². The van der Waals surface area contributed by atoms with Crippen molar-refractivity contribution in [2.24, 2.45) is 0 Å². The van der Waals surface area contributed by atoms with Crippen LogP contribution in [-0.4, -0.2) is 21.8 Å². The normalized spacial score (nSPS) is 10.7. The zero-order chi connectivity index (χ0) is 20.4. The summed E-state index contributed by atoms with van der Waals surface area (Å²) in [5.41, 5.74) is 5.70. The summed E-state index contributed by atoms with van der Waals surface area (Å²) < 4.78 is 0. The van der Waals surface area contributed by atoms with Crippen LogP contribution in [0.3, 0.4) is 0 Å². The van der Waals surface area contributed by atoms with Gasteiger partial charge in [-0.2, -0.15) is 0 Å². The molecule has 0 aliphatic carbocycles. The van der Waals surface area contributed by atoms with Gasteiger partial charge in [0.2, 0.25) is 5.91 Å². The van der Waals surface area contributed by atoms with Crippen molar-refractivity contribution in [2.45, 2.75) is 13.8 Å². The maximum atomic E-state index is 12.3. The number of H-pyrrole nitrogens is 1. The summed E-state index contributed by atoms with van der Waals surface area (Å²) in [6.45, 7) is 3.46. The predicted molar refractivity (Wildman–Crippen MR) is 115 cm³/mol. The molecular weight excluding hydrogens is 364 g/mol. The Bertz CT molecular complexity index is 1190. The number of rotatable bonds is 4. The number of carbonyl (C=O) groups excluding carboxylic acids is 2. The van der Waals surface area contributed by atoms with E-state index in [9.17, 15) is 9.59 Å². The second-order valence-electron chi connectivity index (χ2n) is 6.90. The third kappa shape index (κ3) is 4.16. The minimum atomic E-state index is -0.146. The molecule has 0 aliphatic rings. The third-order valence-electron chi connectivity index (χ3n) is 4.53. The average molecular weight is 384 g/mol. The van der Waals surface area contributed by atoms with Crippen LogP contribution >= 0.6 is 0 Å². The molecule has 1 aromatic heterocycles. The second kappa shape index (κ2) is 7.59. The van der Waals surface area contributed by atoms with Crippen LogP contribution in [0.1, 0.15) is 22.8 Å². The van der Waals surface area contributed by atoms with E-state index >= 15 is 0 Å². The van der Waals surface area contributed by atoms with Crippen LogP contribution < -0.4 is 10.6 Å². The summed E-state index contributed by atoms with van der Waals surface area (Å²) in [6.07, 6.45) is 0. The van der Waals surface area contributed by atoms with Crippen molar-refractivity contribution in [3.05, 3.63) is 77.9 Å². The Balaban J connectivity index is 1.52. The van der Waals surface area contributed by atoms with E-state index in [4.69, 9.17) is 0 Å². The molecule has 0 radical (unpaired) electrons. The predicted octanol–water partition coefficient (Wildman–Crippen LogP) is 4.75. The fraction of sp³-hybridized carbons (Fsp3) is 0.0870. The zero-order valence-corrected chi connectivity index (χ0v) is 16.1. The number of fused-ring (bicyclic) bond motifs is 1. The van der Waals surface area contributed by atoms with E-state index < -0.39 is 0 Å². The van der Waals surface area contributed by atoms with Crippen LogP contribution in [0.25, 0.3) is 22.4 Å². The maximum absolute atomic E-state index is 12.3. The number of carbonyl (C=O) groups is 2. The molecule has 0 aliphatic heterocycles. The first-order valence-corrected chi connectivity index (χ1v) is 9.24. The van der Waals surface area contributed by atoms with Gasteiger partial charge in [0.05, 0.1) is 11.0 Å². The number of amides is 2. The van der Waals surface area contributed by atoms with Gasteiger partial charge < -0.3 is 15.6 Å². The lowest BCUT2D eigenvalue weighted by Gasteiger charge is -2.06. The highest BCUT2D eigenvalue weighted by atomic mass is 16.2. The SMILES string of the molecule is CC(=O)Nc1ccc2nc(-c3ccc(NC(=O)c4ccc(C)cc4)cc3)[nH]c2c1. The maximum Gasteiger partial charge on any atom is 0.255 e. The molecule has 1 heterocycles. The molecule has 0 spiro atoms. The lowest BCUT2D eigenvalue weighted by molar-refractivity contribution is -0.114. The number of aromatic nitrogens is 2. The number of aryl methyl sites for hydroxylation is 1. The van der Waals surface area contributed by atoms with Crippen molar-refractivity contribution in [3.63, 3.8) is 0 Å². The van der Waals surface area contributed by atoms with Crippen LogP contribution in [0.4, 0.5) is 11.4 Å². The minimum Gasteiger partial charge on any atom is -0.338 e. The van der Waals surface area contributed by atoms with Crippen LogP contribution in [0.15, 0.2) is 66.7 Å².